The van der Waals surface area contributed by atoms with Crippen molar-refractivity contribution in [2.24, 2.45) is 16.0 Å². The molecule has 5 rings (SSSR count). The topological polar surface area (TPSA) is 93.3 Å². The highest BCUT2D eigenvalue weighted by atomic mass is 35.5. The van der Waals surface area contributed by atoms with Crippen molar-refractivity contribution in [1.29, 1.82) is 0 Å². The Morgan fingerprint density at radius 2 is 1.76 bits per heavy atom. The smallest absolute Gasteiger partial charge is 0.338 e. The SMILES string of the molecule is CC1=NN(c2ccccc2)C(=O)[C@@H]1/C=c1/sc2n(c1=O)[C@H](c1ccc(Cl)cc1)C(C(=O)OC(C)C)=C(C)N=2. The molecule has 0 N–H and O–H groups in total. The molecule has 0 spiro atoms. The third-order valence-electron chi connectivity index (χ3n) is 6.27. The molecule has 8 nitrogen and oxygen atoms in total. The number of halogens is 1. The van der Waals surface area contributed by atoms with Crippen LogP contribution in [-0.2, 0) is 14.3 Å². The number of rotatable bonds is 5. The van der Waals surface area contributed by atoms with Gasteiger partial charge < -0.3 is 4.74 Å². The van der Waals surface area contributed by atoms with Gasteiger partial charge >= 0.3 is 5.97 Å². The summed E-state index contributed by atoms with van der Waals surface area (Å²) >= 11 is 7.29. The minimum Gasteiger partial charge on any atom is -0.459 e. The largest absolute Gasteiger partial charge is 0.459 e. The van der Waals surface area contributed by atoms with Gasteiger partial charge in [-0.15, -0.1) is 0 Å². The molecule has 10 heteroatoms. The number of thiazole rings is 1. The Kier molecular flexibility index (Phi) is 6.90. The molecule has 0 aliphatic carbocycles. The van der Waals surface area contributed by atoms with Crippen LogP contribution < -0.4 is 19.9 Å². The first-order chi connectivity index (χ1) is 18.2. The molecular formula is C28H25ClN4O4S. The van der Waals surface area contributed by atoms with E-state index in [2.05, 4.69) is 10.1 Å². The van der Waals surface area contributed by atoms with Gasteiger partial charge in [0.1, 0.15) is 5.92 Å². The normalized spacial score (nSPS) is 19.5. The summed E-state index contributed by atoms with van der Waals surface area (Å²) in [6.45, 7) is 7.02. The van der Waals surface area contributed by atoms with E-state index < -0.39 is 17.9 Å². The lowest BCUT2D eigenvalue weighted by Crippen LogP contribution is -2.40. The lowest BCUT2D eigenvalue weighted by Gasteiger charge is -2.25. The summed E-state index contributed by atoms with van der Waals surface area (Å²) < 4.78 is 7.35. The number of benzene rings is 2. The lowest BCUT2D eigenvalue weighted by atomic mass is 9.96. The Bertz CT molecular complexity index is 1670. The Hall–Kier alpha value is -3.82. The van der Waals surface area contributed by atoms with Crippen LogP contribution >= 0.6 is 22.9 Å². The zero-order valence-electron chi connectivity index (χ0n) is 21.2. The zero-order valence-corrected chi connectivity index (χ0v) is 22.8. The minimum absolute atomic E-state index is 0.244. The summed E-state index contributed by atoms with van der Waals surface area (Å²) in [5.74, 6) is -1.48. The quantitative estimate of drug-likeness (QED) is 0.453. The Morgan fingerprint density at radius 1 is 1.08 bits per heavy atom. The number of carbonyl (C=O) groups is 2. The van der Waals surface area contributed by atoms with Crippen LogP contribution in [0.25, 0.3) is 6.08 Å². The lowest BCUT2D eigenvalue weighted by molar-refractivity contribution is -0.143. The van der Waals surface area contributed by atoms with Gasteiger partial charge in [0.25, 0.3) is 11.5 Å². The molecule has 38 heavy (non-hydrogen) atoms. The number of anilines is 1. The van der Waals surface area contributed by atoms with Gasteiger partial charge in [0.2, 0.25) is 0 Å². The molecule has 1 aromatic heterocycles. The number of allylic oxidation sites excluding steroid dienone is 1. The maximum Gasteiger partial charge on any atom is 0.338 e. The zero-order chi connectivity index (χ0) is 27.1. The van der Waals surface area contributed by atoms with Crippen molar-refractivity contribution in [3.8, 4) is 0 Å². The molecule has 0 unspecified atom stereocenters. The van der Waals surface area contributed by atoms with Crippen LogP contribution in [0.15, 0.2) is 80.8 Å². The standard InChI is InChI=1S/C28H25ClN4O4S/c1-15(2)37-27(36)23-17(4)30-28-32(24(23)18-10-12-19(29)13-11-18)26(35)22(38-28)14-21-16(3)31-33(25(21)34)20-8-6-5-7-9-20/h5-15,21,24H,1-4H3/b22-14+/t21-,24-/m1/s1. The van der Waals surface area contributed by atoms with Crippen LogP contribution in [-0.4, -0.2) is 28.3 Å². The summed E-state index contributed by atoms with van der Waals surface area (Å²) in [5.41, 5.74) is 2.32. The molecular weight excluding hydrogens is 524 g/mol. The minimum atomic E-state index is -0.758. The number of para-hydroxylation sites is 1. The molecule has 0 radical (unpaired) electrons. The van der Waals surface area contributed by atoms with Crippen molar-refractivity contribution in [3.05, 3.63) is 96.1 Å². The van der Waals surface area contributed by atoms with E-state index in [-0.39, 0.29) is 23.1 Å². The number of esters is 1. The Morgan fingerprint density at radius 3 is 2.42 bits per heavy atom. The number of aromatic nitrogens is 1. The van der Waals surface area contributed by atoms with Crippen molar-refractivity contribution in [2.75, 3.05) is 5.01 Å². The van der Waals surface area contributed by atoms with Crippen molar-refractivity contribution in [1.82, 2.24) is 4.57 Å². The molecule has 1 amide bonds. The maximum absolute atomic E-state index is 13.8. The second-order valence-electron chi connectivity index (χ2n) is 9.31. The van der Waals surface area contributed by atoms with Crippen LogP contribution in [0.3, 0.4) is 0 Å². The van der Waals surface area contributed by atoms with E-state index in [0.717, 1.165) is 0 Å². The molecule has 194 valence electrons. The number of hydrogen-bond acceptors (Lipinski definition) is 7. The number of hydrazone groups is 1. The molecule has 0 fully saturated rings. The fraction of sp³-hybridized carbons (Fsp3) is 0.250. The van der Waals surface area contributed by atoms with Gasteiger partial charge in [-0.1, -0.05) is 53.3 Å². The summed E-state index contributed by atoms with van der Waals surface area (Å²) in [4.78, 5) is 45.3. The number of ether oxygens (including phenoxy) is 1. The second-order valence-corrected chi connectivity index (χ2v) is 10.8. The first-order valence-corrected chi connectivity index (χ1v) is 13.3. The number of fused-ring (bicyclic) bond motifs is 1. The van der Waals surface area contributed by atoms with Crippen molar-refractivity contribution < 1.29 is 14.3 Å². The van der Waals surface area contributed by atoms with E-state index >= 15 is 0 Å². The van der Waals surface area contributed by atoms with Crippen LogP contribution in [0.5, 0.6) is 0 Å². The average Bonchev–Trinajstić information content (AvgIpc) is 3.34. The van der Waals surface area contributed by atoms with E-state index in [4.69, 9.17) is 16.3 Å². The summed E-state index contributed by atoms with van der Waals surface area (Å²) in [5, 5.41) is 6.32. The average molecular weight is 549 g/mol. The Balaban J connectivity index is 1.63. The molecule has 0 saturated carbocycles. The third-order valence-corrected chi connectivity index (χ3v) is 7.52. The molecule has 2 aliphatic heterocycles. The fourth-order valence-electron chi connectivity index (χ4n) is 4.51. The molecule has 2 aromatic carbocycles. The van der Waals surface area contributed by atoms with Gasteiger partial charge in [-0.05, 0) is 63.6 Å². The highest BCUT2D eigenvalue weighted by Gasteiger charge is 2.36. The predicted molar refractivity (Wildman–Crippen MR) is 148 cm³/mol. The number of nitrogens with zero attached hydrogens (tertiary/aromatic N) is 4. The van der Waals surface area contributed by atoms with E-state index in [1.165, 1.54) is 20.9 Å². The van der Waals surface area contributed by atoms with E-state index in [1.54, 1.807) is 70.2 Å². The van der Waals surface area contributed by atoms with Crippen LogP contribution in [0.2, 0.25) is 5.02 Å². The van der Waals surface area contributed by atoms with Gasteiger partial charge in [0.05, 0.1) is 39.3 Å². The molecule has 3 heterocycles. The highest BCUT2D eigenvalue weighted by Crippen LogP contribution is 2.32. The van der Waals surface area contributed by atoms with Gasteiger partial charge in [-0.2, -0.15) is 10.1 Å². The molecule has 0 saturated heterocycles. The highest BCUT2D eigenvalue weighted by molar-refractivity contribution is 7.07. The number of amides is 1. The van der Waals surface area contributed by atoms with Gasteiger partial charge in [0, 0.05) is 5.02 Å². The summed E-state index contributed by atoms with van der Waals surface area (Å²) in [7, 11) is 0. The second kappa shape index (κ2) is 10.2. The molecule has 2 aliphatic rings. The van der Waals surface area contributed by atoms with E-state index in [9.17, 15) is 14.4 Å². The molecule has 2 atom stereocenters. The maximum atomic E-state index is 13.8. The fourth-order valence-corrected chi connectivity index (χ4v) is 5.69. The Labute approximate surface area is 227 Å². The number of hydrogen-bond donors (Lipinski definition) is 0. The molecule has 0 bridgehead atoms. The van der Waals surface area contributed by atoms with Crippen molar-refractivity contribution in [3.63, 3.8) is 0 Å². The van der Waals surface area contributed by atoms with Crippen LogP contribution in [0.1, 0.15) is 39.3 Å². The first-order valence-electron chi connectivity index (χ1n) is 12.1. The summed E-state index contributed by atoms with van der Waals surface area (Å²) in [6, 6.07) is 15.4. The number of carbonyl (C=O) groups excluding carboxylic acids is 2. The third kappa shape index (κ3) is 4.63. The molecule has 3 aromatic rings. The van der Waals surface area contributed by atoms with Crippen molar-refractivity contribution in [2.45, 2.75) is 39.8 Å². The first kappa shape index (κ1) is 25.8. The summed E-state index contributed by atoms with van der Waals surface area (Å²) in [6.07, 6.45) is 1.29. The van der Waals surface area contributed by atoms with Crippen molar-refractivity contribution >= 4 is 52.3 Å². The van der Waals surface area contributed by atoms with Gasteiger partial charge in [0.15, 0.2) is 4.80 Å². The van der Waals surface area contributed by atoms with E-state index in [1.807, 2.05) is 18.2 Å². The van der Waals surface area contributed by atoms with Crippen LogP contribution in [0, 0.1) is 5.92 Å². The van der Waals surface area contributed by atoms with Crippen LogP contribution in [0.4, 0.5) is 5.69 Å². The van der Waals surface area contributed by atoms with Gasteiger partial charge in [-0.25, -0.2) is 9.79 Å². The monoisotopic (exact) mass is 548 g/mol. The predicted octanol–water partition coefficient (Wildman–Crippen LogP) is 3.83. The van der Waals surface area contributed by atoms with Gasteiger partial charge in [-0.3, -0.25) is 14.2 Å². The van der Waals surface area contributed by atoms with E-state index in [0.29, 0.717) is 37.0 Å².